The molecule has 1 aromatic heterocycles. The second-order valence-corrected chi connectivity index (χ2v) is 5.82. The average molecular weight is 299 g/mol. The minimum absolute atomic E-state index is 0.0429. The first kappa shape index (κ1) is 13.8. The van der Waals surface area contributed by atoms with Gasteiger partial charge in [0.05, 0.1) is 33.3 Å². The van der Waals surface area contributed by atoms with E-state index in [0.29, 0.717) is 4.90 Å². The number of aryl methyl sites for hydroxylation is 1. The van der Waals surface area contributed by atoms with Crippen molar-refractivity contribution < 1.29 is 14.1 Å². The normalized spacial score (nSPS) is 12.3. The third-order valence-corrected chi connectivity index (χ3v) is 4.19. The van der Waals surface area contributed by atoms with Crippen LogP contribution in [0.4, 0.5) is 0 Å². The van der Waals surface area contributed by atoms with Crippen molar-refractivity contribution in [2.75, 3.05) is 0 Å². The lowest BCUT2D eigenvalue weighted by Gasteiger charge is -2.04. The number of rotatable bonds is 4. The van der Waals surface area contributed by atoms with Gasteiger partial charge in [0.1, 0.15) is 0 Å². The van der Waals surface area contributed by atoms with E-state index in [1.807, 2.05) is 0 Å². The smallest absolute Gasteiger partial charge is 0.337 e. The van der Waals surface area contributed by atoms with E-state index in [9.17, 15) is 9.00 Å². The van der Waals surface area contributed by atoms with Gasteiger partial charge in [-0.25, -0.2) is 4.79 Å². The molecule has 0 aliphatic heterocycles. The molecular weight excluding hydrogens is 288 g/mol. The highest BCUT2D eigenvalue weighted by molar-refractivity contribution is 7.84. The van der Waals surface area contributed by atoms with E-state index >= 15 is 0 Å². The number of halogens is 1. The van der Waals surface area contributed by atoms with Crippen LogP contribution in [0.25, 0.3) is 0 Å². The van der Waals surface area contributed by atoms with Crippen molar-refractivity contribution in [1.82, 2.24) is 9.78 Å². The highest BCUT2D eigenvalue weighted by atomic mass is 35.5. The molecule has 0 fully saturated rings. The Morgan fingerprint density at radius 1 is 1.53 bits per heavy atom. The van der Waals surface area contributed by atoms with E-state index in [-0.39, 0.29) is 16.3 Å². The molecule has 1 unspecified atom stereocenters. The van der Waals surface area contributed by atoms with Crippen LogP contribution < -0.4 is 0 Å². The molecule has 1 N–H and O–H groups in total. The maximum atomic E-state index is 12.1. The van der Waals surface area contributed by atoms with Crippen molar-refractivity contribution in [3.8, 4) is 0 Å². The first-order valence-corrected chi connectivity index (χ1v) is 7.06. The van der Waals surface area contributed by atoms with Crippen molar-refractivity contribution in [3.63, 3.8) is 0 Å². The van der Waals surface area contributed by atoms with Gasteiger partial charge in [0.2, 0.25) is 0 Å². The van der Waals surface area contributed by atoms with Gasteiger partial charge in [0.25, 0.3) is 0 Å². The topological polar surface area (TPSA) is 72.2 Å². The van der Waals surface area contributed by atoms with E-state index in [2.05, 4.69) is 5.10 Å². The summed E-state index contributed by atoms with van der Waals surface area (Å²) >= 11 is 5.77. The Morgan fingerprint density at radius 2 is 2.26 bits per heavy atom. The lowest BCUT2D eigenvalue weighted by molar-refractivity contribution is 0.0697. The summed E-state index contributed by atoms with van der Waals surface area (Å²) in [6.07, 6.45) is 3.40. The van der Waals surface area contributed by atoms with Gasteiger partial charge in [-0.05, 0) is 18.2 Å². The molecule has 7 heteroatoms. The number of aromatic nitrogens is 2. The summed E-state index contributed by atoms with van der Waals surface area (Å²) in [5, 5.41) is 13.1. The van der Waals surface area contributed by atoms with Crippen LogP contribution in [0.1, 0.15) is 15.9 Å². The number of carboxylic acid groups (broad SMARTS) is 1. The maximum Gasteiger partial charge on any atom is 0.337 e. The second kappa shape index (κ2) is 5.54. The molecule has 2 aromatic rings. The van der Waals surface area contributed by atoms with Crippen molar-refractivity contribution in [2.45, 2.75) is 10.6 Å². The Labute approximate surface area is 117 Å². The zero-order valence-corrected chi connectivity index (χ0v) is 11.6. The fourth-order valence-corrected chi connectivity index (χ4v) is 2.88. The number of aromatic carboxylic acids is 1. The first-order chi connectivity index (χ1) is 8.97. The number of hydrogen-bond donors (Lipinski definition) is 1. The van der Waals surface area contributed by atoms with Gasteiger partial charge in [-0.15, -0.1) is 0 Å². The van der Waals surface area contributed by atoms with Crippen LogP contribution >= 0.6 is 11.6 Å². The van der Waals surface area contributed by atoms with Gasteiger partial charge in [0.15, 0.2) is 0 Å². The Bertz CT molecular complexity index is 654. The molecule has 1 aromatic carbocycles. The van der Waals surface area contributed by atoms with Gasteiger partial charge < -0.3 is 5.11 Å². The molecule has 0 bridgehead atoms. The summed E-state index contributed by atoms with van der Waals surface area (Å²) in [6, 6.07) is 4.36. The fourth-order valence-electron chi connectivity index (χ4n) is 1.59. The largest absolute Gasteiger partial charge is 0.478 e. The van der Waals surface area contributed by atoms with Gasteiger partial charge in [-0.2, -0.15) is 5.10 Å². The molecule has 0 amide bonds. The monoisotopic (exact) mass is 298 g/mol. The Balaban J connectivity index is 2.24. The number of hydrogen-bond acceptors (Lipinski definition) is 3. The van der Waals surface area contributed by atoms with E-state index in [0.717, 1.165) is 5.56 Å². The van der Waals surface area contributed by atoms with E-state index in [1.54, 1.807) is 30.2 Å². The van der Waals surface area contributed by atoms with E-state index in [1.165, 1.54) is 12.1 Å². The lowest BCUT2D eigenvalue weighted by atomic mass is 10.2. The zero-order chi connectivity index (χ0) is 14.0. The second-order valence-electron chi connectivity index (χ2n) is 3.96. The summed E-state index contributed by atoms with van der Waals surface area (Å²) in [6.45, 7) is 0. The van der Waals surface area contributed by atoms with Crippen molar-refractivity contribution in [3.05, 3.63) is 46.7 Å². The van der Waals surface area contributed by atoms with Crippen LogP contribution in [-0.4, -0.2) is 25.1 Å². The number of carboxylic acids is 1. The summed E-state index contributed by atoms with van der Waals surface area (Å²) in [4.78, 5) is 11.4. The van der Waals surface area contributed by atoms with Gasteiger partial charge in [0, 0.05) is 23.7 Å². The average Bonchev–Trinajstić information content (AvgIpc) is 2.74. The maximum absolute atomic E-state index is 12.1. The minimum atomic E-state index is -1.33. The Hall–Kier alpha value is -1.66. The first-order valence-electron chi connectivity index (χ1n) is 5.36. The molecule has 0 aliphatic carbocycles. The fraction of sp³-hybridized carbons (Fsp3) is 0.167. The minimum Gasteiger partial charge on any atom is -0.478 e. The Kier molecular flexibility index (Phi) is 4.01. The molecule has 0 aliphatic rings. The summed E-state index contributed by atoms with van der Waals surface area (Å²) in [7, 11) is 0.444. The molecule has 0 saturated heterocycles. The van der Waals surface area contributed by atoms with Crippen LogP contribution in [0.15, 0.2) is 35.5 Å². The van der Waals surface area contributed by atoms with Crippen LogP contribution in [0.2, 0.25) is 5.02 Å². The van der Waals surface area contributed by atoms with E-state index < -0.39 is 16.8 Å². The standard InChI is InChI=1S/C12H11ClN2O3S/c1-15-6-8(5-14-15)7-19(18)9-2-3-11(13)10(4-9)12(16)17/h2-6H,7H2,1H3,(H,16,17). The molecule has 2 rings (SSSR count). The number of benzene rings is 1. The van der Waals surface area contributed by atoms with Crippen LogP contribution in [0.5, 0.6) is 0 Å². The lowest BCUT2D eigenvalue weighted by Crippen LogP contribution is -2.01. The van der Waals surface area contributed by atoms with Crippen molar-refractivity contribution >= 4 is 28.4 Å². The van der Waals surface area contributed by atoms with Gasteiger partial charge in [-0.3, -0.25) is 8.89 Å². The molecule has 1 atom stereocenters. The number of nitrogens with zero attached hydrogens (tertiary/aromatic N) is 2. The third-order valence-electron chi connectivity index (χ3n) is 2.49. The molecule has 100 valence electrons. The predicted octanol–water partition coefficient (Wildman–Crippen LogP) is 2.08. The molecule has 5 nitrogen and oxygen atoms in total. The quantitative estimate of drug-likeness (QED) is 0.938. The molecule has 19 heavy (non-hydrogen) atoms. The Morgan fingerprint density at radius 3 is 2.84 bits per heavy atom. The van der Waals surface area contributed by atoms with Crippen molar-refractivity contribution in [2.24, 2.45) is 7.05 Å². The summed E-state index contributed by atoms with van der Waals surface area (Å²) in [5.74, 6) is -0.848. The molecular formula is C12H11ClN2O3S. The molecule has 0 saturated carbocycles. The van der Waals surface area contributed by atoms with Gasteiger partial charge >= 0.3 is 5.97 Å². The SMILES string of the molecule is Cn1cc(CS(=O)c2ccc(Cl)c(C(=O)O)c2)cn1. The van der Waals surface area contributed by atoms with Crippen molar-refractivity contribution in [1.29, 1.82) is 0 Å². The molecule has 1 heterocycles. The highest BCUT2D eigenvalue weighted by Crippen LogP contribution is 2.21. The molecule has 0 radical (unpaired) electrons. The van der Waals surface area contributed by atoms with Crippen LogP contribution in [0, 0.1) is 0 Å². The summed E-state index contributed by atoms with van der Waals surface area (Å²) in [5.41, 5.74) is 0.784. The third kappa shape index (κ3) is 3.21. The van der Waals surface area contributed by atoms with Crippen LogP contribution in [-0.2, 0) is 23.6 Å². The van der Waals surface area contributed by atoms with E-state index in [4.69, 9.17) is 16.7 Å². The predicted molar refractivity (Wildman–Crippen MR) is 71.7 cm³/mol. The van der Waals surface area contributed by atoms with Crippen LogP contribution in [0.3, 0.4) is 0 Å². The number of carbonyl (C=O) groups is 1. The van der Waals surface area contributed by atoms with Gasteiger partial charge in [-0.1, -0.05) is 11.6 Å². The zero-order valence-electron chi connectivity index (χ0n) is 10.0. The highest BCUT2D eigenvalue weighted by Gasteiger charge is 2.13. The molecule has 0 spiro atoms. The summed E-state index contributed by atoms with van der Waals surface area (Å²) < 4.78 is 13.8.